The number of aryl methyl sites for hydroxylation is 1. The summed E-state index contributed by atoms with van der Waals surface area (Å²) in [5.41, 5.74) is 1.18. The van der Waals surface area contributed by atoms with Crippen molar-refractivity contribution < 1.29 is 33.3 Å². The lowest BCUT2D eigenvalue weighted by Gasteiger charge is -2.31. The maximum absolute atomic E-state index is 14.1. The quantitative estimate of drug-likeness (QED) is 0.148. The first-order valence-electron chi connectivity index (χ1n) is 12.9. The fourth-order valence-corrected chi connectivity index (χ4v) is 6.34. The summed E-state index contributed by atoms with van der Waals surface area (Å²) in [6.45, 7) is 5.44. The Morgan fingerprint density at radius 1 is 1.19 bits per heavy atom. The average molecular weight is 525 g/mol. The van der Waals surface area contributed by atoms with Crippen LogP contribution in [0.2, 0.25) is 0 Å². The van der Waals surface area contributed by atoms with Gasteiger partial charge in [-0.05, 0) is 50.5 Å². The Bertz CT molecular complexity index is 894. The van der Waals surface area contributed by atoms with Crippen molar-refractivity contribution in [1.82, 2.24) is 9.99 Å². The van der Waals surface area contributed by atoms with Crippen molar-refractivity contribution in [2.75, 3.05) is 19.3 Å². The number of carboxylic acids is 1. The summed E-state index contributed by atoms with van der Waals surface area (Å²) in [6.07, 6.45) is 3.93. The molecule has 0 radical (unpaired) electrons. The van der Waals surface area contributed by atoms with Crippen LogP contribution in [0, 0.1) is 5.92 Å². The molecule has 2 N–H and O–H groups in total. The molecule has 0 bridgehead atoms. The summed E-state index contributed by atoms with van der Waals surface area (Å²) in [5, 5.41) is 12.2. The first-order valence-corrected chi connectivity index (χ1v) is 14.7. The van der Waals surface area contributed by atoms with Crippen LogP contribution >= 0.6 is 7.52 Å². The molecule has 1 aromatic carbocycles. The van der Waals surface area contributed by atoms with E-state index in [0.29, 0.717) is 38.6 Å². The fraction of sp³-hybridized carbons (Fsp3) is 0.654. The molecule has 0 aromatic heterocycles. The van der Waals surface area contributed by atoms with Crippen molar-refractivity contribution in [3.8, 4) is 0 Å². The van der Waals surface area contributed by atoms with Crippen molar-refractivity contribution in [2.24, 2.45) is 5.92 Å². The minimum atomic E-state index is -3.63. The average Bonchev–Trinajstić information content (AvgIpc) is 2.98. The van der Waals surface area contributed by atoms with E-state index in [1.165, 1.54) is 10.5 Å². The van der Waals surface area contributed by atoms with Crippen molar-refractivity contribution in [3.63, 3.8) is 0 Å². The molecule has 1 aromatic rings. The molecule has 0 aliphatic carbocycles. The summed E-state index contributed by atoms with van der Waals surface area (Å²) in [5.74, 6) is -2.16. The van der Waals surface area contributed by atoms with Gasteiger partial charge in [-0.15, -0.1) is 0 Å². The zero-order valence-electron chi connectivity index (χ0n) is 21.7. The minimum Gasteiger partial charge on any atom is -0.480 e. The third kappa shape index (κ3) is 10.4. The molecule has 0 saturated carbocycles. The molecule has 1 aliphatic rings. The predicted molar refractivity (Wildman–Crippen MR) is 138 cm³/mol. The smallest absolute Gasteiger partial charge is 0.323 e. The number of nitrogens with one attached hydrogen (secondary N) is 1. The normalized spacial score (nSPS) is 18.9. The molecule has 9 nitrogen and oxygen atoms in total. The monoisotopic (exact) mass is 524 g/mol. The number of carbonyl (C=O) groups excluding carboxylic acids is 2. The summed E-state index contributed by atoms with van der Waals surface area (Å²) < 4.78 is 25.6. The number of rotatable bonds is 15. The van der Waals surface area contributed by atoms with E-state index in [0.717, 1.165) is 12.8 Å². The number of unbranched alkanes of at least 4 members (excludes halogenated alkanes) is 1. The first-order chi connectivity index (χ1) is 17.1. The zero-order chi connectivity index (χ0) is 26.6. The third-order valence-electron chi connectivity index (χ3n) is 5.99. The Morgan fingerprint density at radius 2 is 1.92 bits per heavy atom. The van der Waals surface area contributed by atoms with Gasteiger partial charge in [0.25, 0.3) is 7.52 Å². The largest absolute Gasteiger partial charge is 0.480 e. The van der Waals surface area contributed by atoms with Gasteiger partial charge in [0.05, 0.1) is 6.04 Å². The molecule has 1 saturated heterocycles. The number of hydrogen-bond donors (Lipinski definition) is 2. The van der Waals surface area contributed by atoms with Gasteiger partial charge in [-0.2, -0.15) is 0 Å². The van der Waals surface area contributed by atoms with Crippen LogP contribution in [0.1, 0.15) is 71.3 Å². The number of hydrogen-bond acceptors (Lipinski definition) is 6. The number of carboxylic acid groups (broad SMARTS) is 1. The molecule has 10 heteroatoms. The molecule has 1 heterocycles. The van der Waals surface area contributed by atoms with Crippen LogP contribution in [0.25, 0.3) is 0 Å². The number of esters is 1. The number of benzene rings is 1. The van der Waals surface area contributed by atoms with Crippen molar-refractivity contribution in [3.05, 3.63) is 35.9 Å². The summed E-state index contributed by atoms with van der Waals surface area (Å²) in [4.78, 5) is 37.8. The Kier molecular flexibility index (Phi) is 12.6. The van der Waals surface area contributed by atoms with Crippen molar-refractivity contribution >= 4 is 25.4 Å². The molecular weight excluding hydrogens is 483 g/mol. The number of aliphatic carboxylic acids is 1. The highest BCUT2D eigenvalue weighted by Gasteiger charge is 2.37. The van der Waals surface area contributed by atoms with Crippen LogP contribution in [0.4, 0.5) is 0 Å². The van der Waals surface area contributed by atoms with Crippen molar-refractivity contribution in [2.45, 2.75) is 84.5 Å². The highest BCUT2D eigenvalue weighted by molar-refractivity contribution is 7.56. The van der Waals surface area contributed by atoms with Crippen LogP contribution in [-0.4, -0.2) is 59.4 Å². The van der Waals surface area contributed by atoms with Gasteiger partial charge >= 0.3 is 11.9 Å². The SMILES string of the molecule is CCCC(=O)OC(OP(=O)(CCCCc1ccccc1)N[C@H]1CCCCN(CC(=O)O)C1=O)C(C)C. The zero-order valence-corrected chi connectivity index (χ0v) is 22.6. The van der Waals surface area contributed by atoms with E-state index in [4.69, 9.17) is 9.26 Å². The molecule has 202 valence electrons. The summed E-state index contributed by atoms with van der Waals surface area (Å²) in [7, 11) is -3.63. The molecular formula is C26H41N2O7P. The number of nitrogens with zero attached hydrogens (tertiary/aromatic N) is 1. The van der Waals surface area contributed by atoms with E-state index < -0.39 is 44.2 Å². The number of ether oxygens (including phenoxy) is 1. The molecule has 2 rings (SSSR count). The molecule has 36 heavy (non-hydrogen) atoms. The maximum Gasteiger partial charge on any atom is 0.323 e. The van der Waals surface area contributed by atoms with Gasteiger partial charge in [0.2, 0.25) is 12.2 Å². The third-order valence-corrected chi connectivity index (χ3v) is 8.15. The van der Waals surface area contributed by atoms with Crippen LogP contribution in [-0.2, 0) is 34.6 Å². The molecule has 0 spiro atoms. The van der Waals surface area contributed by atoms with Crippen LogP contribution in [0.15, 0.2) is 30.3 Å². The van der Waals surface area contributed by atoms with Crippen LogP contribution in [0.3, 0.4) is 0 Å². The second-order valence-corrected chi connectivity index (χ2v) is 11.9. The molecule has 2 unspecified atom stereocenters. The molecule has 1 amide bonds. The van der Waals surface area contributed by atoms with E-state index in [1.807, 2.05) is 51.1 Å². The van der Waals surface area contributed by atoms with Gasteiger partial charge in [-0.1, -0.05) is 51.1 Å². The Hall–Kier alpha value is -2.22. The summed E-state index contributed by atoms with van der Waals surface area (Å²) in [6, 6.07) is 9.16. The van der Waals surface area contributed by atoms with Gasteiger partial charge < -0.3 is 14.7 Å². The first kappa shape index (κ1) is 30.0. The number of amides is 1. The van der Waals surface area contributed by atoms with Gasteiger partial charge in [-0.3, -0.25) is 23.5 Å². The second-order valence-electron chi connectivity index (χ2n) is 9.63. The number of likely N-dealkylation sites (tertiary alicyclic amines) is 1. The van der Waals surface area contributed by atoms with Crippen molar-refractivity contribution in [1.29, 1.82) is 0 Å². The lowest BCUT2D eigenvalue weighted by Crippen LogP contribution is -2.46. The van der Waals surface area contributed by atoms with Gasteiger partial charge in [0, 0.05) is 25.0 Å². The van der Waals surface area contributed by atoms with Gasteiger partial charge in [0.15, 0.2) is 0 Å². The Morgan fingerprint density at radius 3 is 2.56 bits per heavy atom. The highest BCUT2D eigenvalue weighted by Crippen LogP contribution is 2.47. The summed E-state index contributed by atoms with van der Waals surface area (Å²) >= 11 is 0. The fourth-order valence-electron chi connectivity index (χ4n) is 4.06. The van der Waals surface area contributed by atoms with Crippen LogP contribution < -0.4 is 5.09 Å². The van der Waals surface area contributed by atoms with E-state index in [1.54, 1.807) is 0 Å². The second kappa shape index (κ2) is 15.1. The maximum atomic E-state index is 14.1. The van der Waals surface area contributed by atoms with Gasteiger partial charge in [-0.25, -0.2) is 5.09 Å². The van der Waals surface area contributed by atoms with E-state index in [2.05, 4.69) is 5.09 Å². The van der Waals surface area contributed by atoms with Gasteiger partial charge in [0.1, 0.15) is 6.54 Å². The van der Waals surface area contributed by atoms with E-state index >= 15 is 0 Å². The minimum absolute atomic E-state index is 0.164. The topological polar surface area (TPSA) is 122 Å². The van der Waals surface area contributed by atoms with E-state index in [9.17, 15) is 24.1 Å². The van der Waals surface area contributed by atoms with E-state index in [-0.39, 0.29) is 18.5 Å². The molecule has 1 fully saturated rings. The Labute approximate surface area is 214 Å². The highest BCUT2D eigenvalue weighted by atomic mass is 31.2. The molecule has 3 atom stereocenters. The van der Waals surface area contributed by atoms with Crippen LogP contribution in [0.5, 0.6) is 0 Å². The number of carbonyl (C=O) groups is 3. The molecule has 1 aliphatic heterocycles. The lowest BCUT2D eigenvalue weighted by molar-refractivity contribution is -0.169. The Balaban J connectivity index is 2.17. The predicted octanol–water partition coefficient (Wildman–Crippen LogP) is 4.60. The standard InChI is InChI=1S/C26H41N2O7P/c1-4-12-24(31)34-26(20(2)3)35-36(33,18-11-9-15-21-13-6-5-7-14-21)27-22-16-8-10-17-28(25(22)32)19-23(29)30/h5-7,13-14,20,22,26H,4,8-12,15-19H2,1-3H3,(H,27,33)(H,29,30)/t22-,26?,36?/m0/s1. The lowest BCUT2D eigenvalue weighted by atomic mass is 10.1.